The molecule has 0 amide bonds. The zero-order valence-corrected chi connectivity index (χ0v) is 5.21. The number of hydrogen-bond acceptors (Lipinski definition) is 4. The van der Waals surface area contributed by atoms with E-state index in [4.69, 9.17) is 10.8 Å². The van der Waals surface area contributed by atoms with Crippen molar-refractivity contribution in [1.82, 2.24) is 0 Å². The predicted octanol–water partition coefficient (Wildman–Crippen LogP) is 0.893. The summed E-state index contributed by atoms with van der Waals surface area (Å²) in [6.45, 7) is 1.53. The number of rotatable bonds is 1. The van der Waals surface area contributed by atoms with E-state index in [0.717, 1.165) is 11.8 Å². The van der Waals surface area contributed by atoms with Crippen molar-refractivity contribution in [1.29, 1.82) is 10.8 Å². The van der Waals surface area contributed by atoms with Gasteiger partial charge >= 0.3 is 0 Å². The third-order valence-corrected chi connectivity index (χ3v) is 0.992. The Bertz CT molecular complexity index is 132. The fourth-order valence-electron chi connectivity index (χ4n) is 0.189. The van der Waals surface area contributed by atoms with Gasteiger partial charge in [0.25, 0.3) is 0 Å². The standard InChI is InChI=1S/C4H6N2OS/c1-3(5)8-4(6)2-7/h2,5-6H,1H3. The van der Waals surface area contributed by atoms with Crippen LogP contribution < -0.4 is 0 Å². The molecule has 44 valence electrons. The highest BCUT2D eigenvalue weighted by Gasteiger charge is 1.93. The Morgan fingerprint density at radius 2 is 2.12 bits per heavy atom. The van der Waals surface area contributed by atoms with Gasteiger partial charge in [-0.25, -0.2) is 0 Å². The summed E-state index contributed by atoms with van der Waals surface area (Å²) in [7, 11) is 0. The van der Waals surface area contributed by atoms with Gasteiger partial charge in [0.15, 0.2) is 6.29 Å². The third-order valence-electron chi connectivity index (χ3n) is 0.370. The van der Waals surface area contributed by atoms with Crippen LogP contribution in [0.25, 0.3) is 0 Å². The van der Waals surface area contributed by atoms with Gasteiger partial charge in [-0.05, 0) is 6.92 Å². The molecule has 0 aliphatic heterocycles. The first kappa shape index (κ1) is 7.36. The minimum atomic E-state index is -0.113. The highest BCUT2D eigenvalue weighted by atomic mass is 32.2. The number of aldehydes is 1. The van der Waals surface area contributed by atoms with Crippen LogP contribution in [-0.4, -0.2) is 16.4 Å². The topological polar surface area (TPSA) is 64.8 Å². The highest BCUT2D eigenvalue weighted by Crippen LogP contribution is 1.99. The highest BCUT2D eigenvalue weighted by molar-refractivity contribution is 8.27. The molecule has 0 aromatic heterocycles. The molecule has 0 bridgehead atoms. The van der Waals surface area contributed by atoms with Crippen molar-refractivity contribution in [3.63, 3.8) is 0 Å². The maximum atomic E-state index is 9.70. The average Bonchev–Trinajstić information content (AvgIpc) is 1.65. The molecule has 0 radical (unpaired) electrons. The van der Waals surface area contributed by atoms with Crippen LogP contribution in [-0.2, 0) is 4.79 Å². The van der Waals surface area contributed by atoms with Crippen LogP contribution in [0.4, 0.5) is 0 Å². The Balaban J connectivity index is 3.55. The summed E-state index contributed by atoms with van der Waals surface area (Å²) in [5.74, 6) is 0. The van der Waals surface area contributed by atoms with Crippen molar-refractivity contribution in [2.45, 2.75) is 6.92 Å². The summed E-state index contributed by atoms with van der Waals surface area (Å²) in [5.41, 5.74) is 0. The molecule has 4 heteroatoms. The molecule has 0 aromatic rings. The van der Waals surface area contributed by atoms with E-state index in [-0.39, 0.29) is 10.1 Å². The van der Waals surface area contributed by atoms with Gasteiger partial charge in [-0.3, -0.25) is 15.6 Å². The van der Waals surface area contributed by atoms with Crippen molar-refractivity contribution in [2.24, 2.45) is 0 Å². The monoisotopic (exact) mass is 130 g/mol. The summed E-state index contributed by atoms with van der Waals surface area (Å²) in [6.07, 6.45) is 0.419. The Hall–Kier alpha value is -0.640. The first-order valence-corrected chi connectivity index (χ1v) is 2.75. The summed E-state index contributed by atoms with van der Waals surface area (Å²) < 4.78 is 0. The number of nitrogens with one attached hydrogen (secondary N) is 2. The average molecular weight is 130 g/mol. The van der Waals surface area contributed by atoms with E-state index in [2.05, 4.69) is 0 Å². The van der Waals surface area contributed by atoms with Crippen LogP contribution in [0.15, 0.2) is 0 Å². The summed E-state index contributed by atoms with van der Waals surface area (Å²) in [5, 5.41) is 13.7. The lowest BCUT2D eigenvalue weighted by molar-refractivity contribution is -0.102. The van der Waals surface area contributed by atoms with Crippen LogP contribution in [0.5, 0.6) is 0 Å². The van der Waals surface area contributed by atoms with E-state index < -0.39 is 0 Å². The van der Waals surface area contributed by atoms with Crippen LogP contribution in [0.1, 0.15) is 6.92 Å². The Morgan fingerprint density at radius 1 is 1.62 bits per heavy atom. The Labute approximate surface area is 51.5 Å². The largest absolute Gasteiger partial charge is 0.298 e. The number of hydrogen-bond donors (Lipinski definition) is 2. The van der Waals surface area contributed by atoms with E-state index in [1.807, 2.05) is 0 Å². The van der Waals surface area contributed by atoms with Gasteiger partial charge < -0.3 is 0 Å². The zero-order chi connectivity index (χ0) is 6.57. The van der Waals surface area contributed by atoms with Crippen molar-refractivity contribution in [3.05, 3.63) is 0 Å². The summed E-state index contributed by atoms with van der Waals surface area (Å²) >= 11 is 0.853. The van der Waals surface area contributed by atoms with Gasteiger partial charge in [-0.1, -0.05) is 11.8 Å². The molecule has 0 saturated carbocycles. The van der Waals surface area contributed by atoms with Crippen LogP contribution in [0, 0.1) is 10.8 Å². The molecular formula is C4H6N2OS. The molecule has 0 unspecified atom stereocenters. The van der Waals surface area contributed by atoms with E-state index in [0.29, 0.717) is 6.29 Å². The SMILES string of the molecule is CC(=N)SC(=N)C=O. The number of carbonyl (C=O) groups is 1. The number of thioether (sulfide) groups is 1. The molecule has 8 heavy (non-hydrogen) atoms. The lowest BCUT2D eigenvalue weighted by Gasteiger charge is -1.87. The molecule has 0 fully saturated rings. The Morgan fingerprint density at radius 3 is 2.25 bits per heavy atom. The maximum absolute atomic E-state index is 9.70. The summed E-state index contributed by atoms with van der Waals surface area (Å²) in [4.78, 5) is 9.70. The molecule has 2 N–H and O–H groups in total. The van der Waals surface area contributed by atoms with Crippen molar-refractivity contribution >= 4 is 28.1 Å². The normalized spacial score (nSPS) is 8.12. The fraction of sp³-hybridized carbons (Fsp3) is 0.250. The third kappa shape index (κ3) is 3.55. The van der Waals surface area contributed by atoms with Gasteiger partial charge in [0.05, 0.1) is 5.04 Å². The van der Waals surface area contributed by atoms with E-state index in [1.165, 1.54) is 6.92 Å². The van der Waals surface area contributed by atoms with Crippen LogP contribution in [0.3, 0.4) is 0 Å². The summed E-state index contributed by atoms with van der Waals surface area (Å²) in [6, 6.07) is 0. The van der Waals surface area contributed by atoms with Crippen molar-refractivity contribution < 1.29 is 4.79 Å². The van der Waals surface area contributed by atoms with E-state index >= 15 is 0 Å². The lowest BCUT2D eigenvalue weighted by Crippen LogP contribution is -1.93. The minimum absolute atomic E-state index is 0.113. The van der Waals surface area contributed by atoms with E-state index in [9.17, 15) is 4.79 Å². The molecule has 0 aliphatic carbocycles. The van der Waals surface area contributed by atoms with Gasteiger partial charge in [0.2, 0.25) is 0 Å². The zero-order valence-electron chi connectivity index (χ0n) is 4.39. The first-order valence-electron chi connectivity index (χ1n) is 1.93. The molecule has 0 rings (SSSR count). The molecule has 0 heterocycles. The number of carbonyl (C=O) groups excluding carboxylic acids is 1. The molecule has 3 nitrogen and oxygen atoms in total. The Kier molecular flexibility index (Phi) is 3.10. The van der Waals surface area contributed by atoms with Crippen LogP contribution in [0.2, 0.25) is 0 Å². The molecule has 0 spiro atoms. The first-order chi connectivity index (χ1) is 3.66. The van der Waals surface area contributed by atoms with Crippen molar-refractivity contribution in [3.8, 4) is 0 Å². The fourth-order valence-corrected chi connectivity index (χ4v) is 0.567. The van der Waals surface area contributed by atoms with Gasteiger partial charge in [0.1, 0.15) is 5.04 Å². The maximum Gasteiger partial charge on any atom is 0.174 e. The second kappa shape index (κ2) is 3.37. The second-order valence-corrected chi connectivity index (χ2v) is 2.40. The quantitative estimate of drug-likeness (QED) is 0.314. The minimum Gasteiger partial charge on any atom is -0.298 e. The van der Waals surface area contributed by atoms with Gasteiger partial charge in [-0.15, -0.1) is 0 Å². The van der Waals surface area contributed by atoms with Gasteiger partial charge in [-0.2, -0.15) is 0 Å². The lowest BCUT2D eigenvalue weighted by atomic mass is 10.8. The van der Waals surface area contributed by atoms with Gasteiger partial charge in [0, 0.05) is 0 Å². The van der Waals surface area contributed by atoms with Crippen molar-refractivity contribution in [2.75, 3.05) is 0 Å². The molecule has 0 atom stereocenters. The second-order valence-electron chi connectivity index (χ2n) is 1.14. The smallest absolute Gasteiger partial charge is 0.174 e. The molecule has 0 aliphatic rings. The molecule has 0 aromatic carbocycles. The van der Waals surface area contributed by atoms with Crippen LogP contribution >= 0.6 is 11.8 Å². The predicted molar refractivity (Wildman–Crippen MR) is 34.8 cm³/mol. The molecular weight excluding hydrogens is 124 g/mol. The van der Waals surface area contributed by atoms with E-state index in [1.54, 1.807) is 0 Å². The molecule has 0 saturated heterocycles.